The molecular weight excluding hydrogens is 332 g/mol. The molecule has 0 fully saturated rings. The van der Waals surface area contributed by atoms with Crippen molar-refractivity contribution in [3.8, 4) is 5.75 Å². The smallest absolute Gasteiger partial charge is 0.269 e. The van der Waals surface area contributed by atoms with E-state index in [1.54, 1.807) is 55.6 Å². The third-order valence-electron chi connectivity index (χ3n) is 3.07. The van der Waals surface area contributed by atoms with Crippen LogP contribution in [0.5, 0.6) is 5.75 Å². The van der Waals surface area contributed by atoms with Crippen molar-refractivity contribution in [3.63, 3.8) is 0 Å². The Balaban J connectivity index is 1.85. The van der Waals surface area contributed by atoms with Crippen LogP contribution in [0.4, 0.5) is 0 Å². The average molecular weight is 349 g/mol. The molecule has 2 amide bonds. The molecule has 0 unspecified atom stereocenters. The molecule has 0 saturated heterocycles. The summed E-state index contributed by atoms with van der Waals surface area (Å²) >= 11 is 5.76. The van der Waals surface area contributed by atoms with Gasteiger partial charge in [0.2, 0.25) is 0 Å². The molecule has 2 aromatic rings. The second-order valence-corrected chi connectivity index (χ2v) is 5.22. The Morgan fingerprint density at radius 2 is 1.38 bits per heavy atom. The number of methoxy groups -OCH3 is 1. The number of ether oxygens (including phenoxy) is 2. The Labute approximate surface area is 144 Å². The van der Waals surface area contributed by atoms with Gasteiger partial charge in [0.1, 0.15) is 12.4 Å². The van der Waals surface area contributed by atoms with Crippen molar-refractivity contribution in [2.45, 2.75) is 0 Å². The number of carbonyl (C=O) groups excluding carboxylic acids is 2. The van der Waals surface area contributed by atoms with Gasteiger partial charge in [0.15, 0.2) is 0 Å². The van der Waals surface area contributed by atoms with Crippen LogP contribution in [-0.4, -0.2) is 32.1 Å². The van der Waals surface area contributed by atoms with E-state index in [-0.39, 0.29) is 0 Å². The average Bonchev–Trinajstić information content (AvgIpc) is 2.61. The Hall–Kier alpha value is -2.57. The van der Waals surface area contributed by atoms with Gasteiger partial charge in [-0.15, -0.1) is 0 Å². The van der Waals surface area contributed by atoms with Crippen LogP contribution >= 0.6 is 11.6 Å². The van der Waals surface area contributed by atoms with Crippen LogP contribution < -0.4 is 15.6 Å². The molecule has 0 aliphatic carbocycles. The summed E-state index contributed by atoms with van der Waals surface area (Å²) < 4.78 is 10.3. The molecule has 2 aromatic carbocycles. The van der Waals surface area contributed by atoms with Crippen LogP contribution in [0.2, 0.25) is 5.02 Å². The van der Waals surface area contributed by atoms with E-state index < -0.39 is 11.8 Å². The number of hydrazine groups is 1. The van der Waals surface area contributed by atoms with Crippen LogP contribution in [0.25, 0.3) is 0 Å². The number of hydrogen-bond acceptors (Lipinski definition) is 4. The predicted octanol–water partition coefficient (Wildman–Crippen LogP) is 2.44. The van der Waals surface area contributed by atoms with E-state index >= 15 is 0 Å². The van der Waals surface area contributed by atoms with Crippen molar-refractivity contribution in [2.75, 3.05) is 20.3 Å². The lowest BCUT2D eigenvalue weighted by molar-refractivity contribution is 0.0846. The maximum Gasteiger partial charge on any atom is 0.269 e. The van der Waals surface area contributed by atoms with Crippen molar-refractivity contribution < 1.29 is 19.1 Å². The zero-order chi connectivity index (χ0) is 17.4. The van der Waals surface area contributed by atoms with Gasteiger partial charge in [0.25, 0.3) is 11.8 Å². The van der Waals surface area contributed by atoms with E-state index in [1.807, 2.05) is 0 Å². The molecule has 0 atom stereocenters. The number of carbonyl (C=O) groups is 2. The number of amides is 2. The van der Waals surface area contributed by atoms with E-state index in [4.69, 9.17) is 21.1 Å². The van der Waals surface area contributed by atoms with Gasteiger partial charge in [-0.25, -0.2) is 0 Å². The van der Waals surface area contributed by atoms with Crippen molar-refractivity contribution in [2.24, 2.45) is 0 Å². The standard InChI is InChI=1S/C17H17ClN2O4/c1-23-10-11-24-15-8-4-13(5-9-15)17(22)20-19-16(21)12-2-6-14(18)7-3-12/h2-9H,10-11H2,1H3,(H,19,21)(H,20,22). The first-order valence-corrected chi connectivity index (χ1v) is 7.56. The van der Waals surface area contributed by atoms with E-state index in [0.717, 1.165) is 0 Å². The van der Waals surface area contributed by atoms with Crippen LogP contribution in [0.15, 0.2) is 48.5 Å². The minimum atomic E-state index is -0.431. The fourth-order valence-electron chi connectivity index (χ4n) is 1.80. The monoisotopic (exact) mass is 348 g/mol. The first-order chi connectivity index (χ1) is 11.6. The second-order valence-electron chi connectivity index (χ2n) is 4.78. The molecule has 0 radical (unpaired) electrons. The highest BCUT2D eigenvalue weighted by Crippen LogP contribution is 2.12. The summed E-state index contributed by atoms with van der Waals surface area (Å²) in [5, 5.41) is 0.531. The Morgan fingerprint density at radius 3 is 1.88 bits per heavy atom. The van der Waals surface area contributed by atoms with Gasteiger partial charge in [0.05, 0.1) is 6.61 Å². The zero-order valence-corrected chi connectivity index (χ0v) is 13.8. The third-order valence-corrected chi connectivity index (χ3v) is 3.32. The van der Waals surface area contributed by atoms with Gasteiger partial charge in [-0.05, 0) is 48.5 Å². The van der Waals surface area contributed by atoms with Gasteiger partial charge < -0.3 is 9.47 Å². The lowest BCUT2D eigenvalue weighted by Gasteiger charge is -2.09. The number of rotatable bonds is 6. The molecule has 0 aromatic heterocycles. The minimum absolute atomic E-state index is 0.390. The van der Waals surface area contributed by atoms with E-state index in [1.165, 1.54) is 0 Å². The summed E-state index contributed by atoms with van der Waals surface area (Å²) in [5.74, 6) is -0.228. The maximum atomic E-state index is 12.0. The quantitative estimate of drug-likeness (QED) is 0.621. The lowest BCUT2D eigenvalue weighted by Crippen LogP contribution is -2.41. The predicted molar refractivity (Wildman–Crippen MR) is 90.2 cm³/mol. The normalized spacial score (nSPS) is 10.1. The molecule has 7 heteroatoms. The third kappa shape index (κ3) is 5.26. The van der Waals surface area contributed by atoms with Crippen molar-refractivity contribution in [3.05, 3.63) is 64.7 Å². The first kappa shape index (κ1) is 17.8. The van der Waals surface area contributed by atoms with Crippen LogP contribution in [0.3, 0.4) is 0 Å². The molecule has 24 heavy (non-hydrogen) atoms. The summed E-state index contributed by atoms with van der Waals surface area (Å²) in [5.41, 5.74) is 5.48. The SMILES string of the molecule is COCCOc1ccc(C(=O)NNC(=O)c2ccc(Cl)cc2)cc1. The molecule has 0 bridgehead atoms. The number of nitrogens with one attached hydrogen (secondary N) is 2. The summed E-state index contributed by atoms with van der Waals surface area (Å²) in [6.45, 7) is 0.915. The molecule has 0 aliphatic heterocycles. The molecule has 0 aliphatic rings. The molecule has 126 valence electrons. The fraction of sp³-hybridized carbons (Fsp3) is 0.176. The van der Waals surface area contributed by atoms with Gasteiger partial charge in [-0.2, -0.15) is 0 Å². The topological polar surface area (TPSA) is 76.7 Å². The Bertz CT molecular complexity index is 687. The number of hydrogen-bond donors (Lipinski definition) is 2. The van der Waals surface area contributed by atoms with Crippen molar-refractivity contribution in [1.29, 1.82) is 0 Å². The zero-order valence-electron chi connectivity index (χ0n) is 13.0. The fourth-order valence-corrected chi connectivity index (χ4v) is 1.93. The molecule has 0 saturated carbocycles. The highest BCUT2D eigenvalue weighted by molar-refractivity contribution is 6.30. The molecule has 6 nitrogen and oxygen atoms in total. The summed E-state index contributed by atoms with van der Waals surface area (Å²) in [6.07, 6.45) is 0. The van der Waals surface area contributed by atoms with Crippen LogP contribution in [0, 0.1) is 0 Å². The minimum Gasteiger partial charge on any atom is -0.491 e. The molecule has 2 rings (SSSR count). The Kier molecular flexibility index (Phi) is 6.60. The van der Waals surface area contributed by atoms with Gasteiger partial charge in [0, 0.05) is 23.3 Å². The molecule has 0 heterocycles. The van der Waals surface area contributed by atoms with Gasteiger partial charge in [-0.1, -0.05) is 11.6 Å². The number of halogens is 1. The Morgan fingerprint density at radius 1 is 0.875 bits per heavy atom. The van der Waals surface area contributed by atoms with Gasteiger partial charge >= 0.3 is 0 Å². The van der Waals surface area contributed by atoms with E-state index in [2.05, 4.69) is 10.9 Å². The number of benzene rings is 2. The lowest BCUT2D eigenvalue weighted by atomic mass is 10.2. The highest BCUT2D eigenvalue weighted by atomic mass is 35.5. The van der Waals surface area contributed by atoms with Crippen molar-refractivity contribution in [1.82, 2.24) is 10.9 Å². The first-order valence-electron chi connectivity index (χ1n) is 7.18. The highest BCUT2D eigenvalue weighted by Gasteiger charge is 2.09. The largest absolute Gasteiger partial charge is 0.491 e. The molecule has 2 N–H and O–H groups in total. The molecular formula is C17H17ClN2O4. The second kappa shape index (κ2) is 8.90. The summed E-state index contributed by atoms with van der Waals surface area (Å²) in [7, 11) is 1.59. The van der Waals surface area contributed by atoms with E-state index in [0.29, 0.717) is 35.1 Å². The van der Waals surface area contributed by atoms with Crippen molar-refractivity contribution >= 4 is 23.4 Å². The summed E-state index contributed by atoms with van der Waals surface area (Å²) in [4.78, 5) is 23.9. The summed E-state index contributed by atoms with van der Waals surface area (Å²) in [6, 6.07) is 12.9. The van der Waals surface area contributed by atoms with Gasteiger partial charge in [-0.3, -0.25) is 20.4 Å². The van der Waals surface area contributed by atoms with Crippen LogP contribution in [-0.2, 0) is 4.74 Å². The van der Waals surface area contributed by atoms with Crippen LogP contribution in [0.1, 0.15) is 20.7 Å². The molecule has 0 spiro atoms. The maximum absolute atomic E-state index is 12.0. The van der Waals surface area contributed by atoms with E-state index in [9.17, 15) is 9.59 Å².